The second-order valence-electron chi connectivity index (χ2n) is 6.09. The summed E-state index contributed by atoms with van der Waals surface area (Å²) < 4.78 is 5.17. The van der Waals surface area contributed by atoms with E-state index in [9.17, 15) is 4.79 Å². The molecule has 1 N–H and O–H groups in total. The van der Waals surface area contributed by atoms with Crippen molar-refractivity contribution in [3.8, 4) is 11.8 Å². The number of rotatable bonds is 5. The maximum Gasteiger partial charge on any atom is 0.222 e. The molecule has 2 atom stereocenters. The Morgan fingerprint density at radius 3 is 2.91 bits per heavy atom. The molecule has 1 heterocycles. The van der Waals surface area contributed by atoms with Gasteiger partial charge in [0.1, 0.15) is 11.8 Å². The summed E-state index contributed by atoms with van der Waals surface area (Å²) >= 11 is 0. The number of carbonyl (C=O) groups is 1. The summed E-state index contributed by atoms with van der Waals surface area (Å²) in [5.41, 5.74) is 1.63. The standard InChI is InChI=1S/C18H25N3O2/c1-4-18(22)21-8-7-16(13(2)12-21)20-11-14-5-6-17(23-3)15(9-14)10-19/h5-6,9,13,16,20H,4,7-8,11-12H2,1-3H3/t13-,16-/m1/s1. The van der Waals surface area contributed by atoms with E-state index in [1.165, 1.54) is 0 Å². The van der Waals surface area contributed by atoms with E-state index in [0.717, 1.165) is 31.6 Å². The number of ether oxygens (including phenoxy) is 1. The van der Waals surface area contributed by atoms with Gasteiger partial charge in [0.2, 0.25) is 5.91 Å². The molecule has 1 saturated heterocycles. The Morgan fingerprint density at radius 1 is 1.52 bits per heavy atom. The van der Waals surface area contributed by atoms with Crippen LogP contribution in [0.1, 0.15) is 37.8 Å². The van der Waals surface area contributed by atoms with E-state index >= 15 is 0 Å². The van der Waals surface area contributed by atoms with Crippen LogP contribution in [0.25, 0.3) is 0 Å². The number of hydrogen-bond acceptors (Lipinski definition) is 4. The maximum absolute atomic E-state index is 11.8. The lowest BCUT2D eigenvalue weighted by atomic mass is 9.93. The van der Waals surface area contributed by atoms with Gasteiger partial charge in [0, 0.05) is 32.1 Å². The van der Waals surface area contributed by atoms with Crippen LogP contribution in [0.2, 0.25) is 0 Å². The summed E-state index contributed by atoms with van der Waals surface area (Å²) in [6.45, 7) is 6.45. The first-order chi connectivity index (χ1) is 11.1. The normalized spacial score (nSPS) is 20.9. The van der Waals surface area contributed by atoms with Crippen LogP contribution in [0.3, 0.4) is 0 Å². The highest BCUT2D eigenvalue weighted by atomic mass is 16.5. The zero-order valence-electron chi connectivity index (χ0n) is 14.1. The van der Waals surface area contributed by atoms with E-state index in [2.05, 4.69) is 18.3 Å². The van der Waals surface area contributed by atoms with Crippen molar-refractivity contribution in [3.63, 3.8) is 0 Å². The van der Waals surface area contributed by atoms with Crippen LogP contribution in [0.5, 0.6) is 5.75 Å². The molecular formula is C18H25N3O2. The third-order valence-electron chi connectivity index (χ3n) is 4.51. The van der Waals surface area contributed by atoms with Crippen LogP contribution in [0.15, 0.2) is 18.2 Å². The SMILES string of the molecule is CCC(=O)N1CC[C@@H](NCc2ccc(OC)c(C#N)c2)[C@H](C)C1. The number of piperidine rings is 1. The van der Waals surface area contributed by atoms with Crippen LogP contribution < -0.4 is 10.1 Å². The fourth-order valence-corrected chi connectivity index (χ4v) is 3.10. The van der Waals surface area contributed by atoms with Crippen LogP contribution in [0.4, 0.5) is 0 Å². The molecule has 23 heavy (non-hydrogen) atoms. The second-order valence-corrected chi connectivity index (χ2v) is 6.09. The third-order valence-corrected chi connectivity index (χ3v) is 4.51. The summed E-state index contributed by atoms with van der Waals surface area (Å²) in [5.74, 6) is 1.27. The van der Waals surface area contributed by atoms with Crippen molar-refractivity contribution in [1.29, 1.82) is 5.26 Å². The van der Waals surface area contributed by atoms with E-state index in [4.69, 9.17) is 10.00 Å². The maximum atomic E-state index is 11.8. The third kappa shape index (κ3) is 4.23. The van der Waals surface area contributed by atoms with E-state index in [1.807, 2.05) is 30.0 Å². The van der Waals surface area contributed by atoms with Gasteiger partial charge in [0.25, 0.3) is 0 Å². The number of nitrogens with one attached hydrogen (secondary N) is 1. The molecule has 0 aliphatic carbocycles. The first kappa shape index (κ1) is 17.3. The Hall–Kier alpha value is -2.06. The summed E-state index contributed by atoms with van der Waals surface area (Å²) in [6.07, 6.45) is 1.54. The molecule has 1 amide bonds. The second kappa shape index (κ2) is 7.98. The lowest BCUT2D eigenvalue weighted by Gasteiger charge is -2.37. The molecule has 0 bridgehead atoms. The molecule has 5 nitrogen and oxygen atoms in total. The number of hydrogen-bond donors (Lipinski definition) is 1. The number of methoxy groups -OCH3 is 1. The van der Waals surface area contributed by atoms with Crippen molar-refractivity contribution in [3.05, 3.63) is 29.3 Å². The summed E-state index contributed by atoms with van der Waals surface area (Å²) in [6, 6.07) is 8.23. The van der Waals surface area contributed by atoms with Crippen LogP contribution >= 0.6 is 0 Å². The highest BCUT2D eigenvalue weighted by molar-refractivity contribution is 5.75. The number of amides is 1. The molecule has 0 aromatic heterocycles. The molecule has 1 aromatic rings. The predicted molar refractivity (Wildman–Crippen MR) is 89.0 cm³/mol. The zero-order valence-corrected chi connectivity index (χ0v) is 14.1. The van der Waals surface area contributed by atoms with Crippen molar-refractivity contribution < 1.29 is 9.53 Å². The molecule has 5 heteroatoms. The smallest absolute Gasteiger partial charge is 0.222 e. The van der Waals surface area contributed by atoms with Gasteiger partial charge in [0.15, 0.2) is 0 Å². The molecular weight excluding hydrogens is 290 g/mol. The minimum absolute atomic E-state index is 0.240. The van der Waals surface area contributed by atoms with E-state index in [1.54, 1.807) is 7.11 Å². The molecule has 0 unspecified atom stereocenters. The number of nitriles is 1. The topological polar surface area (TPSA) is 65.4 Å². The first-order valence-electron chi connectivity index (χ1n) is 8.17. The van der Waals surface area contributed by atoms with Gasteiger partial charge in [0.05, 0.1) is 12.7 Å². The minimum atomic E-state index is 0.240. The van der Waals surface area contributed by atoms with Crippen molar-refractivity contribution in [2.75, 3.05) is 20.2 Å². The molecule has 1 aliphatic rings. The van der Waals surface area contributed by atoms with Gasteiger partial charge in [-0.25, -0.2) is 0 Å². The molecule has 0 spiro atoms. The Bertz CT molecular complexity index is 594. The summed E-state index contributed by atoms with van der Waals surface area (Å²) in [7, 11) is 1.57. The van der Waals surface area contributed by atoms with Crippen LogP contribution in [-0.2, 0) is 11.3 Å². The Balaban J connectivity index is 1.92. The van der Waals surface area contributed by atoms with Crippen molar-refractivity contribution in [2.45, 2.75) is 39.3 Å². The fraction of sp³-hybridized carbons (Fsp3) is 0.556. The van der Waals surface area contributed by atoms with Gasteiger partial charge < -0.3 is 15.0 Å². The largest absolute Gasteiger partial charge is 0.495 e. The zero-order chi connectivity index (χ0) is 16.8. The lowest BCUT2D eigenvalue weighted by molar-refractivity contribution is -0.132. The number of nitrogens with zero attached hydrogens (tertiary/aromatic N) is 2. The molecule has 0 saturated carbocycles. The average molecular weight is 315 g/mol. The quantitative estimate of drug-likeness (QED) is 0.905. The van der Waals surface area contributed by atoms with E-state index in [-0.39, 0.29) is 5.91 Å². The minimum Gasteiger partial charge on any atom is -0.495 e. The predicted octanol–water partition coefficient (Wildman–Crippen LogP) is 2.30. The van der Waals surface area contributed by atoms with Crippen molar-refractivity contribution in [2.24, 2.45) is 5.92 Å². The van der Waals surface area contributed by atoms with Gasteiger partial charge in [-0.05, 0) is 30.0 Å². The Kier molecular flexibility index (Phi) is 6.00. The number of benzene rings is 1. The molecule has 1 fully saturated rings. The van der Waals surface area contributed by atoms with E-state index in [0.29, 0.717) is 29.7 Å². The molecule has 124 valence electrons. The highest BCUT2D eigenvalue weighted by Crippen LogP contribution is 2.21. The van der Waals surface area contributed by atoms with Gasteiger partial charge >= 0.3 is 0 Å². The van der Waals surface area contributed by atoms with Crippen LogP contribution in [-0.4, -0.2) is 37.0 Å². The van der Waals surface area contributed by atoms with Gasteiger partial charge in [-0.15, -0.1) is 0 Å². The molecule has 0 radical (unpaired) electrons. The molecule has 1 aliphatic heterocycles. The van der Waals surface area contributed by atoms with E-state index < -0.39 is 0 Å². The number of carbonyl (C=O) groups excluding carboxylic acids is 1. The first-order valence-corrected chi connectivity index (χ1v) is 8.17. The summed E-state index contributed by atoms with van der Waals surface area (Å²) in [5, 5.41) is 12.7. The Labute approximate surface area is 138 Å². The van der Waals surface area contributed by atoms with Crippen molar-refractivity contribution >= 4 is 5.91 Å². The van der Waals surface area contributed by atoms with Gasteiger partial charge in [-0.1, -0.05) is 19.9 Å². The fourth-order valence-electron chi connectivity index (χ4n) is 3.10. The van der Waals surface area contributed by atoms with Gasteiger partial charge in [-0.2, -0.15) is 5.26 Å². The highest BCUT2D eigenvalue weighted by Gasteiger charge is 2.27. The Morgan fingerprint density at radius 2 is 2.30 bits per heavy atom. The number of likely N-dealkylation sites (tertiary alicyclic amines) is 1. The summed E-state index contributed by atoms with van der Waals surface area (Å²) in [4.78, 5) is 13.8. The monoisotopic (exact) mass is 315 g/mol. The van der Waals surface area contributed by atoms with Gasteiger partial charge in [-0.3, -0.25) is 4.79 Å². The van der Waals surface area contributed by atoms with Crippen molar-refractivity contribution in [1.82, 2.24) is 10.2 Å². The average Bonchev–Trinajstić information content (AvgIpc) is 2.59. The van der Waals surface area contributed by atoms with Crippen LogP contribution in [0, 0.1) is 17.2 Å². The molecule has 2 rings (SSSR count). The molecule has 1 aromatic carbocycles. The lowest BCUT2D eigenvalue weighted by Crippen LogP contribution is -2.49.